The Morgan fingerprint density at radius 1 is 1.21 bits per heavy atom. The van der Waals surface area contributed by atoms with Gasteiger partial charge in [-0.3, -0.25) is 4.79 Å². The minimum absolute atomic E-state index is 0.0669. The predicted octanol–water partition coefficient (Wildman–Crippen LogP) is -0.142. The number of benzene rings is 1. The molecule has 1 aliphatic rings. The number of urea groups is 1. The van der Waals surface area contributed by atoms with E-state index < -0.39 is 48.5 Å². The SMILES string of the molecule is N[C@@]1(C(=O)O)C[C@H](C(=O)O)N(C(=O)Nc2cccc(C(=O)O)c2)C1. The van der Waals surface area contributed by atoms with Gasteiger partial charge < -0.3 is 31.3 Å². The molecule has 128 valence electrons. The first-order valence-electron chi connectivity index (χ1n) is 6.80. The van der Waals surface area contributed by atoms with Crippen LogP contribution in [-0.4, -0.2) is 62.3 Å². The third-order valence-corrected chi connectivity index (χ3v) is 3.72. The van der Waals surface area contributed by atoms with E-state index in [1.807, 2.05) is 0 Å². The lowest BCUT2D eigenvalue weighted by atomic mass is 9.98. The van der Waals surface area contributed by atoms with E-state index >= 15 is 0 Å². The Morgan fingerprint density at radius 3 is 2.42 bits per heavy atom. The molecule has 1 aromatic carbocycles. The molecule has 2 rings (SSSR count). The van der Waals surface area contributed by atoms with Crippen molar-refractivity contribution in [2.24, 2.45) is 5.73 Å². The Hall–Kier alpha value is -3.14. The molecule has 0 bridgehead atoms. The summed E-state index contributed by atoms with van der Waals surface area (Å²) in [5, 5.41) is 29.6. The fourth-order valence-electron chi connectivity index (χ4n) is 2.45. The van der Waals surface area contributed by atoms with Gasteiger partial charge in [0, 0.05) is 12.1 Å². The summed E-state index contributed by atoms with van der Waals surface area (Å²) in [7, 11) is 0. The molecule has 0 unspecified atom stereocenters. The van der Waals surface area contributed by atoms with Crippen LogP contribution in [0, 0.1) is 0 Å². The Kier molecular flexibility index (Phi) is 4.42. The highest BCUT2D eigenvalue weighted by Crippen LogP contribution is 2.27. The van der Waals surface area contributed by atoms with Crippen LogP contribution >= 0.6 is 0 Å². The number of rotatable bonds is 4. The zero-order valence-corrected chi connectivity index (χ0v) is 12.3. The molecule has 10 nitrogen and oxygen atoms in total. The van der Waals surface area contributed by atoms with Crippen LogP contribution in [0.25, 0.3) is 0 Å². The molecule has 1 heterocycles. The Bertz CT molecular complexity index is 720. The first kappa shape index (κ1) is 17.2. The van der Waals surface area contributed by atoms with Gasteiger partial charge in [0.2, 0.25) is 0 Å². The number of carbonyl (C=O) groups is 4. The highest BCUT2D eigenvalue weighted by Gasteiger charge is 2.51. The highest BCUT2D eigenvalue weighted by molar-refractivity contribution is 5.96. The fraction of sp³-hybridized carbons (Fsp3) is 0.286. The van der Waals surface area contributed by atoms with E-state index in [2.05, 4.69) is 5.32 Å². The number of carbonyl (C=O) groups excluding carboxylic acids is 1. The van der Waals surface area contributed by atoms with Crippen LogP contribution in [0.4, 0.5) is 10.5 Å². The third kappa shape index (κ3) is 3.27. The molecule has 0 aromatic heterocycles. The number of amides is 2. The van der Waals surface area contributed by atoms with Crippen LogP contribution in [0.5, 0.6) is 0 Å². The molecule has 0 radical (unpaired) electrons. The summed E-state index contributed by atoms with van der Waals surface area (Å²) in [4.78, 5) is 46.5. The number of anilines is 1. The second kappa shape index (κ2) is 6.16. The zero-order valence-electron chi connectivity index (χ0n) is 12.3. The maximum atomic E-state index is 12.3. The average molecular weight is 337 g/mol. The largest absolute Gasteiger partial charge is 0.480 e. The van der Waals surface area contributed by atoms with Crippen molar-refractivity contribution in [1.82, 2.24) is 4.90 Å². The van der Waals surface area contributed by atoms with Crippen molar-refractivity contribution in [2.45, 2.75) is 18.0 Å². The molecule has 1 aliphatic heterocycles. The monoisotopic (exact) mass is 337 g/mol. The lowest BCUT2D eigenvalue weighted by molar-refractivity contribution is -0.142. The van der Waals surface area contributed by atoms with Crippen molar-refractivity contribution < 1.29 is 34.5 Å². The van der Waals surface area contributed by atoms with E-state index in [4.69, 9.17) is 15.9 Å². The Labute approximate surface area is 135 Å². The molecule has 1 fully saturated rings. The number of nitrogens with two attached hydrogens (primary N) is 1. The number of aromatic carboxylic acids is 1. The van der Waals surface area contributed by atoms with E-state index in [9.17, 15) is 24.3 Å². The van der Waals surface area contributed by atoms with Crippen molar-refractivity contribution in [3.63, 3.8) is 0 Å². The standard InChI is InChI=1S/C14H15N3O7/c15-14(12(22)23)5-9(11(20)21)17(6-14)13(24)16-8-3-1-2-7(4-8)10(18)19/h1-4,9H,5-6,15H2,(H,16,24)(H,18,19)(H,20,21)(H,22,23)/t9-,14+/m1/s1. The van der Waals surface area contributed by atoms with Crippen molar-refractivity contribution in [3.8, 4) is 0 Å². The van der Waals surface area contributed by atoms with Gasteiger partial charge in [-0.05, 0) is 18.2 Å². The van der Waals surface area contributed by atoms with Gasteiger partial charge in [-0.25, -0.2) is 14.4 Å². The lowest BCUT2D eigenvalue weighted by Gasteiger charge is -2.22. The summed E-state index contributed by atoms with van der Waals surface area (Å²) in [5.74, 6) is -3.97. The second-order valence-electron chi connectivity index (χ2n) is 5.46. The molecule has 2 atom stereocenters. The van der Waals surface area contributed by atoms with Gasteiger partial charge >= 0.3 is 23.9 Å². The van der Waals surface area contributed by atoms with Gasteiger partial charge in [0.05, 0.1) is 12.1 Å². The number of carboxylic acid groups (broad SMARTS) is 3. The van der Waals surface area contributed by atoms with E-state index in [-0.39, 0.29) is 11.3 Å². The molecule has 0 spiro atoms. The quantitative estimate of drug-likeness (QED) is 0.505. The summed E-state index contributed by atoms with van der Waals surface area (Å²) in [6, 6.07) is 3.07. The van der Waals surface area contributed by atoms with Gasteiger partial charge in [0.15, 0.2) is 0 Å². The summed E-state index contributed by atoms with van der Waals surface area (Å²) < 4.78 is 0. The first-order valence-corrected chi connectivity index (χ1v) is 6.80. The van der Waals surface area contributed by atoms with Crippen molar-refractivity contribution >= 4 is 29.6 Å². The minimum Gasteiger partial charge on any atom is -0.480 e. The second-order valence-corrected chi connectivity index (χ2v) is 5.46. The molecule has 1 saturated heterocycles. The number of nitrogens with one attached hydrogen (secondary N) is 1. The van der Waals surface area contributed by atoms with Crippen LogP contribution in [-0.2, 0) is 9.59 Å². The summed E-state index contributed by atoms with van der Waals surface area (Å²) in [5.41, 5.74) is 3.86. The summed E-state index contributed by atoms with van der Waals surface area (Å²) in [6.45, 7) is -0.482. The predicted molar refractivity (Wildman–Crippen MR) is 79.7 cm³/mol. The van der Waals surface area contributed by atoms with Gasteiger partial charge in [-0.15, -0.1) is 0 Å². The molecule has 6 N–H and O–H groups in total. The van der Waals surface area contributed by atoms with E-state index in [0.29, 0.717) is 0 Å². The van der Waals surface area contributed by atoms with Crippen molar-refractivity contribution in [2.75, 3.05) is 11.9 Å². The fourth-order valence-corrected chi connectivity index (χ4v) is 2.45. The molecular formula is C14H15N3O7. The number of hydrogen-bond donors (Lipinski definition) is 5. The summed E-state index contributed by atoms with van der Waals surface area (Å²) in [6.07, 6.45) is -0.430. The van der Waals surface area contributed by atoms with Gasteiger partial charge in [-0.1, -0.05) is 6.07 Å². The Balaban J connectivity index is 2.21. The Morgan fingerprint density at radius 2 is 1.88 bits per heavy atom. The van der Waals surface area contributed by atoms with Crippen molar-refractivity contribution in [1.29, 1.82) is 0 Å². The van der Waals surface area contributed by atoms with E-state index in [0.717, 1.165) is 4.90 Å². The van der Waals surface area contributed by atoms with Crippen LogP contribution in [0.1, 0.15) is 16.8 Å². The van der Waals surface area contributed by atoms with Crippen LogP contribution in [0.15, 0.2) is 24.3 Å². The molecule has 1 aromatic rings. The van der Waals surface area contributed by atoms with Crippen molar-refractivity contribution in [3.05, 3.63) is 29.8 Å². The minimum atomic E-state index is -1.86. The van der Waals surface area contributed by atoms with Crippen LogP contribution in [0.3, 0.4) is 0 Å². The smallest absolute Gasteiger partial charge is 0.335 e. The van der Waals surface area contributed by atoms with Gasteiger partial charge in [0.1, 0.15) is 11.6 Å². The van der Waals surface area contributed by atoms with Gasteiger partial charge in [-0.2, -0.15) is 0 Å². The number of aliphatic carboxylic acids is 2. The number of nitrogens with zero attached hydrogens (tertiary/aromatic N) is 1. The molecule has 0 saturated carbocycles. The topological polar surface area (TPSA) is 170 Å². The highest BCUT2D eigenvalue weighted by atomic mass is 16.4. The first-order chi connectivity index (χ1) is 11.1. The molecule has 0 aliphatic carbocycles. The maximum absolute atomic E-state index is 12.3. The third-order valence-electron chi connectivity index (χ3n) is 3.72. The number of hydrogen-bond acceptors (Lipinski definition) is 5. The van der Waals surface area contributed by atoms with E-state index in [1.165, 1.54) is 24.3 Å². The summed E-state index contributed by atoms with van der Waals surface area (Å²) >= 11 is 0. The molecular weight excluding hydrogens is 322 g/mol. The molecule has 2 amide bonds. The average Bonchev–Trinajstić information content (AvgIpc) is 2.87. The van der Waals surface area contributed by atoms with E-state index in [1.54, 1.807) is 0 Å². The van der Waals surface area contributed by atoms with Crippen LogP contribution < -0.4 is 11.1 Å². The van der Waals surface area contributed by atoms with Gasteiger partial charge in [0.25, 0.3) is 0 Å². The zero-order chi connectivity index (χ0) is 18.1. The molecule has 10 heteroatoms. The van der Waals surface area contributed by atoms with Crippen LogP contribution in [0.2, 0.25) is 0 Å². The molecule has 24 heavy (non-hydrogen) atoms. The normalized spacial score (nSPS) is 22.9. The lowest BCUT2D eigenvalue weighted by Crippen LogP contribution is -2.51. The number of carboxylic acids is 3. The number of likely N-dealkylation sites (tertiary alicyclic amines) is 1. The maximum Gasteiger partial charge on any atom is 0.335 e.